The molecule has 2 aromatic rings. The maximum absolute atomic E-state index is 14.7. The number of hydrogen-bond donors (Lipinski definition) is 4. The van der Waals surface area contributed by atoms with E-state index < -0.39 is 17.9 Å². The fraction of sp³-hybridized carbons (Fsp3) is 0.654. The van der Waals surface area contributed by atoms with Crippen LogP contribution in [-0.4, -0.2) is 93.4 Å². The van der Waals surface area contributed by atoms with Gasteiger partial charge in [-0.1, -0.05) is 6.92 Å². The lowest BCUT2D eigenvalue weighted by molar-refractivity contribution is 0.00818. The topological polar surface area (TPSA) is 124 Å². The van der Waals surface area contributed by atoms with E-state index in [-0.39, 0.29) is 25.3 Å². The Labute approximate surface area is 235 Å². The summed E-state index contributed by atoms with van der Waals surface area (Å²) in [6, 6.07) is -0.259. The molecule has 2 aromatic heterocycles. The molecule has 2 amide bonds. The summed E-state index contributed by atoms with van der Waals surface area (Å²) in [6.07, 6.45) is 6.06. The predicted octanol–water partition coefficient (Wildman–Crippen LogP) is 3.74. The summed E-state index contributed by atoms with van der Waals surface area (Å²) in [5, 5.41) is 28.2. The molecule has 3 aliphatic rings. The van der Waals surface area contributed by atoms with Crippen LogP contribution in [-0.2, 0) is 17.8 Å². The Morgan fingerprint density at radius 2 is 2.02 bits per heavy atom. The van der Waals surface area contributed by atoms with Gasteiger partial charge in [0, 0.05) is 38.9 Å². The van der Waals surface area contributed by atoms with Crippen molar-refractivity contribution < 1.29 is 32.2 Å². The highest BCUT2D eigenvalue weighted by Gasteiger charge is 2.49. The van der Waals surface area contributed by atoms with Crippen molar-refractivity contribution in [2.75, 3.05) is 43.6 Å². The van der Waals surface area contributed by atoms with Gasteiger partial charge in [0.05, 0.1) is 48.1 Å². The second-order valence-corrected chi connectivity index (χ2v) is 11.1. The zero-order valence-corrected chi connectivity index (χ0v) is 23.7. The molecule has 0 spiro atoms. The molecule has 4 heterocycles. The number of methoxy groups -OCH3 is 1. The smallest absolute Gasteiger partial charge is 0.379 e. The first-order valence-electron chi connectivity index (χ1n) is 13.6. The van der Waals surface area contributed by atoms with Gasteiger partial charge >= 0.3 is 12.7 Å². The lowest BCUT2D eigenvalue weighted by Gasteiger charge is -2.39. The molecule has 2 fully saturated rings. The van der Waals surface area contributed by atoms with Crippen LogP contribution in [0.1, 0.15) is 57.0 Å². The van der Waals surface area contributed by atoms with Gasteiger partial charge in [0.2, 0.25) is 0 Å². The minimum atomic E-state index is -3.67. The number of rotatable bonds is 10. The number of ether oxygens (including phenoxy) is 1. The van der Waals surface area contributed by atoms with Gasteiger partial charge in [-0.05, 0) is 39.2 Å². The number of aliphatic hydroxyl groups is 1. The minimum Gasteiger partial charge on any atom is -0.394 e. The molecule has 0 unspecified atom stereocenters. The van der Waals surface area contributed by atoms with Crippen LogP contribution in [0.2, 0.25) is 0 Å². The summed E-state index contributed by atoms with van der Waals surface area (Å²) in [6.45, 7) is 4.05. The zero-order valence-electron chi connectivity index (χ0n) is 23.7. The third-order valence-corrected chi connectivity index (χ3v) is 7.35. The van der Waals surface area contributed by atoms with E-state index in [1.54, 1.807) is 36.7 Å². The van der Waals surface area contributed by atoms with Crippen LogP contribution in [0.25, 0.3) is 11.8 Å². The minimum absolute atomic E-state index is 0.0481. The first kappa shape index (κ1) is 30.6. The lowest BCUT2D eigenvalue weighted by Crippen LogP contribution is -2.52. The second-order valence-electron chi connectivity index (χ2n) is 11.1. The number of anilines is 2. The summed E-state index contributed by atoms with van der Waals surface area (Å²) in [7, 11) is 1.70. The highest BCUT2D eigenvalue weighted by molar-refractivity contribution is 5.95. The standard InChI is InChI=1S/C25H37FN8O3.CHF3/c1-5-8-33(25(15-35)6-7-25)23(36)29-19-11-28-30-21(19)18-9-20-17(10-27-18)22(32-12-16(13-32)37-4)31-34(20)14-24(2,3)26;2-1(3)4/h9,11,16,27,35H,5-8,10,12-15H2,1-4H3,(H,28,30)(H,29,36);1H. The number of halogens is 4. The lowest BCUT2D eigenvalue weighted by atomic mass is 10.1. The first-order valence-corrected chi connectivity index (χ1v) is 13.6. The zero-order chi connectivity index (χ0) is 29.9. The Morgan fingerprint density at radius 3 is 2.59 bits per heavy atom. The molecule has 15 heteroatoms. The molecular weight excluding hydrogens is 548 g/mol. The molecule has 4 N–H and O–H groups in total. The van der Waals surface area contributed by atoms with Gasteiger partial charge in [-0.25, -0.2) is 9.18 Å². The largest absolute Gasteiger partial charge is 0.394 e. The molecule has 0 bridgehead atoms. The van der Waals surface area contributed by atoms with E-state index >= 15 is 0 Å². The maximum atomic E-state index is 14.7. The van der Waals surface area contributed by atoms with Crippen molar-refractivity contribution in [1.82, 2.24) is 30.2 Å². The van der Waals surface area contributed by atoms with Crippen LogP contribution in [0.4, 0.5) is 33.9 Å². The number of alkyl halides is 4. The molecule has 0 aromatic carbocycles. The summed E-state index contributed by atoms with van der Waals surface area (Å²) in [5.74, 6) is 0.836. The van der Waals surface area contributed by atoms with E-state index in [0.29, 0.717) is 24.5 Å². The monoisotopic (exact) mass is 586 g/mol. The average molecular weight is 587 g/mol. The predicted molar refractivity (Wildman–Crippen MR) is 146 cm³/mol. The number of hydrogen-bond acceptors (Lipinski definition) is 7. The van der Waals surface area contributed by atoms with E-state index in [9.17, 15) is 27.5 Å². The van der Waals surface area contributed by atoms with Crippen molar-refractivity contribution in [3.05, 3.63) is 23.1 Å². The SMILES string of the molecule is CCCN(C(=O)Nc1cn[nH]c1C1=Cc2c(c(N3CC(OC)C3)nn2CC(C)(C)F)CN1)C1(CO)CC1.FC(F)F. The number of aromatic amines is 1. The third kappa shape index (κ3) is 6.94. The van der Waals surface area contributed by atoms with Gasteiger partial charge in [-0.3, -0.25) is 9.78 Å². The van der Waals surface area contributed by atoms with Gasteiger partial charge in [-0.15, -0.1) is 0 Å². The van der Waals surface area contributed by atoms with Gasteiger partial charge in [-0.2, -0.15) is 23.4 Å². The summed E-state index contributed by atoms with van der Waals surface area (Å²) in [5.41, 5.74) is 1.80. The van der Waals surface area contributed by atoms with Crippen molar-refractivity contribution in [2.45, 2.75) is 77.1 Å². The van der Waals surface area contributed by atoms with Crippen LogP contribution in [0.3, 0.4) is 0 Å². The Kier molecular flexibility index (Phi) is 9.16. The van der Waals surface area contributed by atoms with Gasteiger partial charge in [0.15, 0.2) is 5.82 Å². The highest BCUT2D eigenvalue weighted by Crippen LogP contribution is 2.42. The molecular formula is C26H38F4N8O3. The maximum Gasteiger partial charge on any atom is 0.379 e. The second kappa shape index (κ2) is 12.3. The summed E-state index contributed by atoms with van der Waals surface area (Å²) < 4.78 is 50.8. The molecule has 11 nitrogen and oxygen atoms in total. The molecule has 1 saturated heterocycles. The first-order chi connectivity index (χ1) is 19.4. The molecule has 1 aliphatic carbocycles. The number of aliphatic hydroxyl groups excluding tert-OH is 1. The quantitative estimate of drug-likeness (QED) is 0.313. The van der Waals surface area contributed by atoms with E-state index in [0.717, 1.165) is 55.1 Å². The molecule has 0 atom stereocenters. The van der Waals surface area contributed by atoms with Gasteiger partial charge in [0.1, 0.15) is 11.4 Å². The normalized spacial score (nSPS) is 17.6. The summed E-state index contributed by atoms with van der Waals surface area (Å²) >= 11 is 0. The van der Waals surface area contributed by atoms with Crippen molar-refractivity contribution in [1.29, 1.82) is 0 Å². The molecule has 0 radical (unpaired) electrons. The number of carbonyl (C=O) groups is 1. The van der Waals surface area contributed by atoms with Crippen LogP contribution >= 0.6 is 0 Å². The van der Waals surface area contributed by atoms with E-state index in [4.69, 9.17) is 9.84 Å². The van der Waals surface area contributed by atoms with E-state index in [2.05, 4.69) is 25.7 Å². The number of carbonyl (C=O) groups excluding carboxylic acids is 1. The van der Waals surface area contributed by atoms with Crippen LogP contribution in [0.5, 0.6) is 0 Å². The highest BCUT2D eigenvalue weighted by atomic mass is 19.4. The van der Waals surface area contributed by atoms with Crippen LogP contribution in [0, 0.1) is 0 Å². The Hall–Kier alpha value is -3.33. The Balaban J connectivity index is 0.000000909. The number of H-pyrrole nitrogens is 1. The van der Waals surface area contributed by atoms with Crippen molar-refractivity contribution in [3.63, 3.8) is 0 Å². The van der Waals surface area contributed by atoms with E-state index in [1.807, 2.05) is 13.0 Å². The third-order valence-electron chi connectivity index (χ3n) is 7.35. The Bertz CT molecular complexity index is 1230. The average Bonchev–Trinajstić information content (AvgIpc) is 3.41. The number of urea groups is 1. The van der Waals surface area contributed by atoms with Gasteiger partial charge in [0.25, 0.3) is 0 Å². The van der Waals surface area contributed by atoms with Crippen LogP contribution < -0.4 is 15.5 Å². The molecule has 1 saturated carbocycles. The number of nitrogens with zero attached hydrogens (tertiary/aromatic N) is 5. The number of amides is 2. The molecule has 5 rings (SSSR count). The number of nitrogens with one attached hydrogen (secondary N) is 3. The molecule has 41 heavy (non-hydrogen) atoms. The number of fused-ring (bicyclic) bond motifs is 1. The Morgan fingerprint density at radius 1 is 1.34 bits per heavy atom. The summed E-state index contributed by atoms with van der Waals surface area (Å²) in [4.78, 5) is 17.1. The van der Waals surface area contributed by atoms with Gasteiger partial charge < -0.3 is 30.3 Å². The fourth-order valence-electron chi connectivity index (χ4n) is 5.06. The van der Waals surface area contributed by atoms with Crippen molar-refractivity contribution in [3.8, 4) is 0 Å². The fourth-order valence-corrected chi connectivity index (χ4v) is 5.06. The molecule has 2 aliphatic heterocycles. The molecule has 228 valence electrons. The van der Waals surface area contributed by atoms with E-state index in [1.165, 1.54) is 0 Å². The van der Waals surface area contributed by atoms with Crippen molar-refractivity contribution in [2.24, 2.45) is 0 Å². The number of aromatic nitrogens is 4. The van der Waals surface area contributed by atoms with Crippen molar-refractivity contribution >= 4 is 29.3 Å². The van der Waals surface area contributed by atoms with Crippen LogP contribution in [0.15, 0.2) is 6.20 Å².